The van der Waals surface area contributed by atoms with Crippen LogP contribution in [0.15, 0.2) is 79.0 Å². The van der Waals surface area contributed by atoms with E-state index >= 15 is 0 Å². The first-order valence-corrected chi connectivity index (χ1v) is 8.46. The van der Waals surface area contributed by atoms with Crippen molar-refractivity contribution in [3.8, 4) is 11.5 Å². The number of pyridine rings is 1. The van der Waals surface area contributed by atoms with E-state index in [1.807, 2.05) is 66.7 Å². The second-order valence-electron chi connectivity index (χ2n) is 5.97. The minimum atomic E-state index is -0.708. The molecule has 2 aromatic carbocycles. The van der Waals surface area contributed by atoms with Crippen LogP contribution in [0.3, 0.4) is 0 Å². The molecule has 4 rings (SSSR count). The zero-order valence-corrected chi connectivity index (χ0v) is 14.0. The van der Waals surface area contributed by atoms with E-state index in [9.17, 15) is 4.79 Å². The summed E-state index contributed by atoms with van der Waals surface area (Å²) in [6.07, 6.45) is 1.01. The van der Waals surface area contributed by atoms with Crippen LogP contribution in [0.5, 0.6) is 11.5 Å². The lowest BCUT2D eigenvalue weighted by atomic mass is 10.0. The van der Waals surface area contributed by atoms with Crippen LogP contribution >= 0.6 is 0 Å². The molecule has 0 aliphatic carbocycles. The molecule has 0 spiro atoms. The molecule has 5 nitrogen and oxygen atoms in total. The molecule has 0 radical (unpaired) electrons. The van der Waals surface area contributed by atoms with Gasteiger partial charge in [0.1, 0.15) is 6.61 Å². The van der Waals surface area contributed by atoms with E-state index in [4.69, 9.17) is 9.47 Å². The summed E-state index contributed by atoms with van der Waals surface area (Å²) in [4.78, 5) is 17.2. The molecule has 2 heterocycles. The van der Waals surface area contributed by atoms with Crippen molar-refractivity contribution >= 4 is 5.91 Å². The van der Waals surface area contributed by atoms with Crippen molar-refractivity contribution in [2.75, 3.05) is 6.61 Å². The van der Waals surface area contributed by atoms with E-state index in [1.54, 1.807) is 12.3 Å². The summed E-state index contributed by atoms with van der Waals surface area (Å²) in [5, 5.41) is 3.04. The van der Waals surface area contributed by atoms with E-state index in [0.717, 1.165) is 11.3 Å². The average Bonchev–Trinajstić information content (AvgIpc) is 2.72. The summed E-state index contributed by atoms with van der Waals surface area (Å²) in [6, 6.07) is 22.4. The summed E-state index contributed by atoms with van der Waals surface area (Å²) in [7, 11) is 0. The fourth-order valence-electron chi connectivity index (χ4n) is 2.90. The SMILES string of the molecule is O=C(N[C@H](c1ccccc1)c1ccccn1)[C@H]1COc2ccccc2O1. The van der Waals surface area contributed by atoms with Crippen molar-refractivity contribution in [2.45, 2.75) is 12.1 Å². The van der Waals surface area contributed by atoms with Gasteiger partial charge in [0.05, 0.1) is 11.7 Å². The number of hydrogen-bond donors (Lipinski definition) is 1. The standard InChI is InChI=1S/C21H18N2O3/c24-21(19-14-25-17-11-4-5-12-18(17)26-19)23-20(15-8-2-1-3-9-15)16-10-6-7-13-22-16/h1-13,19-20H,14H2,(H,23,24)/t19-,20-/m1/s1. The highest BCUT2D eigenvalue weighted by molar-refractivity contribution is 5.82. The van der Waals surface area contributed by atoms with Crippen LogP contribution in [0.2, 0.25) is 0 Å². The Bertz CT molecular complexity index is 845. The fraction of sp³-hybridized carbons (Fsp3) is 0.143. The van der Waals surface area contributed by atoms with Crippen LogP contribution < -0.4 is 14.8 Å². The monoisotopic (exact) mass is 346 g/mol. The summed E-state index contributed by atoms with van der Waals surface area (Å²) in [5.41, 5.74) is 1.72. The van der Waals surface area contributed by atoms with Gasteiger partial charge in [-0.1, -0.05) is 48.5 Å². The number of fused-ring (bicyclic) bond motifs is 1. The van der Waals surface area contributed by atoms with Crippen molar-refractivity contribution in [3.63, 3.8) is 0 Å². The molecule has 0 unspecified atom stereocenters. The number of para-hydroxylation sites is 2. The largest absolute Gasteiger partial charge is 0.485 e. The maximum absolute atomic E-state index is 12.8. The number of carbonyl (C=O) groups is 1. The third-order valence-corrected chi connectivity index (χ3v) is 4.20. The Balaban J connectivity index is 1.56. The van der Waals surface area contributed by atoms with Gasteiger partial charge in [-0.2, -0.15) is 0 Å². The lowest BCUT2D eigenvalue weighted by Gasteiger charge is -2.27. The van der Waals surface area contributed by atoms with Crippen molar-refractivity contribution in [3.05, 3.63) is 90.3 Å². The normalized spacial score (nSPS) is 16.5. The minimum Gasteiger partial charge on any atom is -0.485 e. The lowest BCUT2D eigenvalue weighted by Crippen LogP contribution is -2.45. The number of aromatic nitrogens is 1. The zero-order chi connectivity index (χ0) is 17.8. The second kappa shape index (κ2) is 7.27. The van der Waals surface area contributed by atoms with Crippen LogP contribution in [0.1, 0.15) is 17.3 Å². The quantitative estimate of drug-likeness (QED) is 0.788. The van der Waals surface area contributed by atoms with Crippen molar-refractivity contribution in [1.82, 2.24) is 10.3 Å². The molecular weight excluding hydrogens is 328 g/mol. The smallest absolute Gasteiger partial charge is 0.265 e. The van der Waals surface area contributed by atoms with Gasteiger partial charge in [0.2, 0.25) is 6.10 Å². The minimum absolute atomic E-state index is 0.173. The number of hydrogen-bond acceptors (Lipinski definition) is 4. The molecule has 1 aliphatic heterocycles. The van der Waals surface area contributed by atoms with Crippen molar-refractivity contribution < 1.29 is 14.3 Å². The topological polar surface area (TPSA) is 60.5 Å². The summed E-state index contributed by atoms with van der Waals surface area (Å²) >= 11 is 0. The molecular formula is C21H18N2O3. The van der Waals surface area contributed by atoms with Crippen LogP contribution in [0, 0.1) is 0 Å². The van der Waals surface area contributed by atoms with Crippen LogP contribution in [0.25, 0.3) is 0 Å². The number of benzene rings is 2. The number of rotatable bonds is 4. The molecule has 0 saturated heterocycles. The third kappa shape index (κ3) is 3.37. The first kappa shape index (κ1) is 16.1. The van der Waals surface area contributed by atoms with Crippen LogP contribution in [-0.4, -0.2) is 23.6 Å². The Morgan fingerprint density at radius 3 is 2.46 bits per heavy atom. The molecule has 130 valence electrons. The van der Waals surface area contributed by atoms with Gasteiger partial charge >= 0.3 is 0 Å². The maximum Gasteiger partial charge on any atom is 0.265 e. The van der Waals surface area contributed by atoms with Gasteiger partial charge in [-0.25, -0.2) is 0 Å². The van der Waals surface area contributed by atoms with Gasteiger partial charge in [0, 0.05) is 6.20 Å². The number of carbonyl (C=O) groups excluding carboxylic acids is 1. The zero-order valence-electron chi connectivity index (χ0n) is 14.0. The Labute approximate surface area is 151 Å². The fourth-order valence-corrected chi connectivity index (χ4v) is 2.90. The highest BCUT2D eigenvalue weighted by Crippen LogP contribution is 2.31. The molecule has 1 amide bonds. The average molecular weight is 346 g/mol. The van der Waals surface area contributed by atoms with Crippen LogP contribution in [0.4, 0.5) is 0 Å². The summed E-state index contributed by atoms with van der Waals surface area (Å²) in [6.45, 7) is 0.173. The summed E-state index contributed by atoms with van der Waals surface area (Å²) < 4.78 is 11.5. The first-order valence-electron chi connectivity index (χ1n) is 8.46. The number of nitrogens with zero attached hydrogens (tertiary/aromatic N) is 1. The maximum atomic E-state index is 12.8. The van der Waals surface area contributed by atoms with E-state index < -0.39 is 6.10 Å². The molecule has 0 saturated carbocycles. The number of ether oxygens (including phenoxy) is 2. The first-order chi connectivity index (χ1) is 12.8. The Morgan fingerprint density at radius 2 is 1.69 bits per heavy atom. The second-order valence-corrected chi connectivity index (χ2v) is 5.97. The van der Waals surface area contributed by atoms with E-state index in [1.165, 1.54) is 0 Å². The Hall–Kier alpha value is -3.34. The van der Waals surface area contributed by atoms with E-state index in [0.29, 0.717) is 11.5 Å². The molecule has 2 atom stereocenters. The molecule has 1 N–H and O–H groups in total. The molecule has 1 aromatic heterocycles. The molecule has 5 heteroatoms. The molecule has 0 bridgehead atoms. The molecule has 1 aliphatic rings. The van der Waals surface area contributed by atoms with Gasteiger partial charge in [0.25, 0.3) is 5.91 Å². The van der Waals surface area contributed by atoms with Crippen molar-refractivity contribution in [1.29, 1.82) is 0 Å². The van der Waals surface area contributed by atoms with Crippen molar-refractivity contribution in [2.24, 2.45) is 0 Å². The molecule has 0 fully saturated rings. The van der Waals surface area contributed by atoms with Gasteiger partial charge in [-0.05, 0) is 29.8 Å². The van der Waals surface area contributed by atoms with Crippen LogP contribution in [-0.2, 0) is 4.79 Å². The van der Waals surface area contributed by atoms with E-state index in [-0.39, 0.29) is 18.6 Å². The Kier molecular flexibility index (Phi) is 4.51. The van der Waals surface area contributed by atoms with Gasteiger partial charge < -0.3 is 14.8 Å². The molecule has 3 aromatic rings. The molecule has 26 heavy (non-hydrogen) atoms. The van der Waals surface area contributed by atoms with Gasteiger partial charge in [-0.3, -0.25) is 9.78 Å². The highest BCUT2D eigenvalue weighted by Gasteiger charge is 2.29. The predicted octanol–water partition coefficient (Wildman–Crippen LogP) is 3.13. The lowest BCUT2D eigenvalue weighted by molar-refractivity contribution is -0.130. The Morgan fingerprint density at radius 1 is 0.962 bits per heavy atom. The van der Waals surface area contributed by atoms with E-state index in [2.05, 4.69) is 10.3 Å². The predicted molar refractivity (Wildman–Crippen MR) is 97.0 cm³/mol. The summed E-state index contributed by atoms with van der Waals surface area (Å²) in [5.74, 6) is 0.993. The van der Waals surface area contributed by atoms with Gasteiger partial charge in [-0.15, -0.1) is 0 Å². The van der Waals surface area contributed by atoms with Gasteiger partial charge in [0.15, 0.2) is 11.5 Å². The third-order valence-electron chi connectivity index (χ3n) is 4.20. The highest BCUT2D eigenvalue weighted by atomic mass is 16.6. The number of amides is 1. The number of nitrogens with one attached hydrogen (secondary N) is 1.